The Balaban J connectivity index is 1.71. The van der Waals surface area contributed by atoms with Crippen LogP contribution in [0.25, 0.3) is 0 Å². The molecule has 0 spiro atoms. The normalized spacial score (nSPS) is 20.0. The van der Waals surface area contributed by atoms with Gasteiger partial charge in [0.25, 0.3) is 0 Å². The molecular formula is C19H13FO3. The van der Waals surface area contributed by atoms with Crippen molar-refractivity contribution < 1.29 is 18.7 Å². The lowest BCUT2D eigenvalue weighted by atomic mass is 9.83. The number of Topliss-reactive ketones (excluding diaryl/α,β-unsaturated/α-hetero) is 2. The van der Waals surface area contributed by atoms with Gasteiger partial charge in [-0.3, -0.25) is 9.59 Å². The third-order valence-corrected chi connectivity index (χ3v) is 4.33. The molecular weight excluding hydrogens is 295 g/mol. The Hall–Kier alpha value is -2.75. The number of carbonyl (C=O) groups is 2. The van der Waals surface area contributed by atoms with Gasteiger partial charge in [0.05, 0.1) is 0 Å². The third kappa shape index (κ3) is 2.18. The molecule has 2 aromatic rings. The summed E-state index contributed by atoms with van der Waals surface area (Å²) >= 11 is 0. The first-order valence-electron chi connectivity index (χ1n) is 7.49. The highest BCUT2D eigenvalue weighted by molar-refractivity contribution is 6.26. The van der Waals surface area contributed by atoms with E-state index in [0.717, 1.165) is 5.56 Å². The summed E-state index contributed by atoms with van der Waals surface area (Å²) < 4.78 is 18.9. The average Bonchev–Trinajstić information content (AvgIpc) is 2.60. The number of allylic oxidation sites excluding steroid dienone is 2. The molecule has 1 aliphatic carbocycles. The zero-order valence-electron chi connectivity index (χ0n) is 12.2. The number of ketones is 2. The minimum absolute atomic E-state index is 0.132. The number of hydrogen-bond acceptors (Lipinski definition) is 3. The van der Waals surface area contributed by atoms with Crippen molar-refractivity contribution in [2.24, 2.45) is 0 Å². The maximum absolute atomic E-state index is 13.1. The summed E-state index contributed by atoms with van der Waals surface area (Å²) in [7, 11) is 0. The summed E-state index contributed by atoms with van der Waals surface area (Å²) in [4.78, 5) is 25.2. The minimum atomic E-state index is -0.337. The van der Waals surface area contributed by atoms with Crippen molar-refractivity contribution >= 4 is 11.6 Å². The Kier molecular flexibility index (Phi) is 3.11. The van der Waals surface area contributed by atoms with Crippen molar-refractivity contribution in [2.75, 3.05) is 0 Å². The van der Waals surface area contributed by atoms with Crippen molar-refractivity contribution in [1.29, 1.82) is 0 Å². The highest BCUT2D eigenvalue weighted by Gasteiger charge is 2.37. The van der Waals surface area contributed by atoms with Gasteiger partial charge >= 0.3 is 0 Å². The molecule has 114 valence electrons. The average molecular weight is 308 g/mol. The molecule has 4 heteroatoms. The largest absolute Gasteiger partial charge is 0.481 e. The van der Waals surface area contributed by atoms with E-state index in [1.54, 1.807) is 36.4 Å². The van der Waals surface area contributed by atoms with Crippen molar-refractivity contribution in [3.05, 3.63) is 82.4 Å². The number of carbonyl (C=O) groups excluding carboxylic acids is 2. The summed E-state index contributed by atoms with van der Waals surface area (Å²) in [5, 5.41) is 0. The van der Waals surface area contributed by atoms with Crippen molar-refractivity contribution in [3.63, 3.8) is 0 Å². The molecule has 1 heterocycles. The lowest BCUT2D eigenvalue weighted by Gasteiger charge is -2.30. The van der Waals surface area contributed by atoms with E-state index in [1.807, 2.05) is 0 Å². The molecule has 2 aromatic carbocycles. The molecule has 0 amide bonds. The predicted octanol–water partition coefficient (Wildman–Crippen LogP) is 4.01. The topological polar surface area (TPSA) is 43.4 Å². The van der Waals surface area contributed by atoms with Crippen LogP contribution >= 0.6 is 0 Å². The van der Waals surface area contributed by atoms with Crippen molar-refractivity contribution in [2.45, 2.75) is 18.9 Å². The van der Waals surface area contributed by atoms with Gasteiger partial charge in [-0.15, -0.1) is 0 Å². The zero-order chi connectivity index (χ0) is 16.0. The second kappa shape index (κ2) is 5.16. The number of hydrogen-bond donors (Lipinski definition) is 0. The first kappa shape index (κ1) is 13.9. The zero-order valence-corrected chi connectivity index (χ0v) is 12.2. The SMILES string of the molecule is O=C1C2=C(OC(c3ccc(F)cc3)CC2)C(=O)c2ccccc21. The first-order chi connectivity index (χ1) is 11.1. The van der Waals surface area contributed by atoms with Gasteiger partial charge in [0, 0.05) is 16.7 Å². The van der Waals surface area contributed by atoms with E-state index in [1.165, 1.54) is 12.1 Å². The lowest BCUT2D eigenvalue weighted by Crippen LogP contribution is -2.28. The van der Waals surface area contributed by atoms with Gasteiger partial charge < -0.3 is 4.74 Å². The second-order valence-corrected chi connectivity index (χ2v) is 5.71. The predicted molar refractivity (Wildman–Crippen MR) is 81.6 cm³/mol. The number of ether oxygens (including phenoxy) is 1. The molecule has 0 saturated heterocycles. The number of halogens is 1. The summed E-state index contributed by atoms with van der Waals surface area (Å²) in [6, 6.07) is 12.8. The van der Waals surface area contributed by atoms with Crippen LogP contribution < -0.4 is 0 Å². The Morgan fingerprint density at radius 1 is 0.913 bits per heavy atom. The van der Waals surface area contributed by atoms with Crippen molar-refractivity contribution in [3.8, 4) is 0 Å². The number of fused-ring (bicyclic) bond motifs is 1. The fourth-order valence-corrected chi connectivity index (χ4v) is 3.14. The molecule has 0 saturated carbocycles. The van der Waals surface area contributed by atoms with Crippen LogP contribution in [0.3, 0.4) is 0 Å². The Morgan fingerprint density at radius 2 is 1.57 bits per heavy atom. The molecule has 23 heavy (non-hydrogen) atoms. The summed E-state index contributed by atoms with van der Waals surface area (Å²) in [6.45, 7) is 0. The van der Waals surface area contributed by atoms with Crippen LogP contribution in [0.4, 0.5) is 4.39 Å². The van der Waals surface area contributed by atoms with Crippen LogP contribution in [0.2, 0.25) is 0 Å². The smallest absolute Gasteiger partial charge is 0.228 e. The van der Waals surface area contributed by atoms with E-state index in [0.29, 0.717) is 29.5 Å². The van der Waals surface area contributed by atoms with E-state index < -0.39 is 0 Å². The summed E-state index contributed by atoms with van der Waals surface area (Å²) in [6.07, 6.45) is 0.735. The molecule has 0 radical (unpaired) electrons. The van der Waals surface area contributed by atoms with E-state index >= 15 is 0 Å². The fraction of sp³-hybridized carbons (Fsp3) is 0.158. The summed E-state index contributed by atoms with van der Waals surface area (Å²) in [5.41, 5.74) is 2.08. The number of benzene rings is 2. The van der Waals surface area contributed by atoms with Gasteiger partial charge in [-0.05, 0) is 30.5 Å². The fourth-order valence-electron chi connectivity index (χ4n) is 3.14. The van der Waals surface area contributed by atoms with Gasteiger partial charge in [0.15, 0.2) is 11.5 Å². The highest BCUT2D eigenvalue weighted by Crippen LogP contribution is 2.39. The highest BCUT2D eigenvalue weighted by atomic mass is 19.1. The summed E-state index contributed by atoms with van der Waals surface area (Å²) in [5.74, 6) is -0.550. The standard InChI is InChI=1S/C19H13FO3/c20-12-7-5-11(6-8-12)16-10-9-15-17(21)13-3-1-2-4-14(13)18(22)19(15)23-16/h1-8,16H,9-10H2. The van der Waals surface area contributed by atoms with Crippen LogP contribution in [-0.2, 0) is 4.74 Å². The molecule has 0 bridgehead atoms. The molecule has 2 aliphatic rings. The molecule has 0 aromatic heterocycles. The Labute approximate surface area is 132 Å². The molecule has 1 unspecified atom stereocenters. The van der Waals surface area contributed by atoms with Crippen LogP contribution in [0.5, 0.6) is 0 Å². The Morgan fingerprint density at radius 3 is 2.26 bits per heavy atom. The van der Waals surface area contributed by atoms with Gasteiger partial charge in [-0.2, -0.15) is 0 Å². The minimum Gasteiger partial charge on any atom is -0.481 e. The molecule has 1 aliphatic heterocycles. The van der Waals surface area contributed by atoms with E-state index in [-0.39, 0.29) is 29.2 Å². The van der Waals surface area contributed by atoms with Crippen LogP contribution in [0, 0.1) is 5.82 Å². The third-order valence-electron chi connectivity index (χ3n) is 4.33. The maximum atomic E-state index is 13.1. The molecule has 0 N–H and O–H groups in total. The van der Waals surface area contributed by atoms with Crippen molar-refractivity contribution in [1.82, 2.24) is 0 Å². The van der Waals surface area contributed by atoms with Crippen LogP contribution in [0.1, 0.15) is 45.2 Å². The van der Waals surface area contributed by atoms with Gasteiger partial charge in [-0.1, -0.05) is 36.4 Å². The van der Waals surface area contributed by atoms with Gasteiger partial charge in [-0.25, -0.2) is 4.39 Å². The van der Waals surface area contributed by atoms with Crippen LogP contribution in [-0.4, -0.2) is 11.6 Å². The molecule has 1 atom stereocenters. The van der Waals surface area contributed by atoms with Crippen LogP contribution in [0.15, 0.2) is 59.9 Å². The molecule has 4 rings (SSSR count). The maximum Gasteiger partial charge on any atom is 0.228 e. The van der Waals surface area contributed by atoms with E-state index in [2.05, 4.69) is 0 Å². The van der Waals surface area contributed by atoms with E-state index in [9.17, 15) is 14.0 Å². The molecule has 3 nitrogen and oxygen atoms in total. The first-order valence-corrected chi connectivity index (χ1v) is 7.49. The van der Waals surface area contributed by atoms with Gasteiger partial charge in [0.2, 0.25) is 5.78 Å². The lowest BCUT2D eigenvalue weighted by molar-refractivity contribution is 0.0620. The van der Waals surface area contributed by atoms with E-state index in [4.69, 9.17) is 4.74 Å². The monoisotopic (exact) mass is 308 g/mol. The Bertz CT molecular complexity index is 849. The quantitative estimate of drug-likeness (QED) is 0.799. The second-order valence-electron chi connectivity index (χ2n) is 5.71. The molecule has 0 fully saturated rings. The van der Waals surface area contributed by atoms with Gasteiger partial charge in [0.1, 0.15) is 11.9 Å². The number of rotatable bonds is 1.